The number of aromatic nitrogens is 2. The van der Waals surface area contributed by atoms with E-state index in [2.05, 4.69) is 5.10 Å². The van der Waals surface area contributed by atoms with Gasteiger partial charge in [-0.25, -0.2) is 4.68 Å². The van der Waals surface area contributed by atoms with Crippen molar-refractivity contribution in [1.29, 1.82) is 0 Å². The van der Waals surface area contributed by atoms with E-state index < -0.39 is 38.6 Å². The van der Waals surface area contributed by atoms with Gasteiger partial charge in [0.2, 0.25) is 0 Å². The molecule has 0 atom stereocenters. The normalized spacial score (nSPS) is 11.5. The average Bonchev–Trinajstić information content (AvgIpc) is 2.72. The Hall–Kier alpha value is -2.98. The number of nitro benzene ring substituents is 1. The summed E-state index contributed by atoms with van der Waals surface area (Å²) in [4.78, 5) is 19.9. The third-order valence-electron chi connectivity index (χ3n) is 3.16. The highest BCUT2D eigenvalue weighted by atomic mass is 19.4. The molecule has 0 saturated carbocycles. The topological polar surface area (TPSA) is 104 Å². The van der Waals surface area contributed by atoms with Crippen LogP contribution in [0.15, 0.2) is 18.2 Å². The monoisotopic (exact) mass is 330 g/mol. The number of nitro groups is 2. The molecule has 0 bridgehead atoms. The molecule has 122 valence electrons. The Labute approximate surface area is 126 Å². The summed E-state index contributed by atoms with van der Waals surface area (Å²) >= 11 is 0. The van der Waals surface area contributed by atoms with Gasteiger partial charge in [-0.3, -0.25) is 20.2 Å². The molecule has 11 heteroatoms. The Morgan fingerprint density at radius 3 is 2.17 bits per heavy atom. The molecule has 0 spiro atoms. The van der Waals surface area contributed by atoms with E-state index >= 15 is 0 Å². The maximum atomic E-state index is 13.2. The molecule has 23 heavy (non-hydrogen) atoms. The Morgan fingerprint density at radius 2 is 1.74 bits per heavy atom. The van der Waals surface area contributed by atoms with Crippen molar-refractivity contribution in [2.75, 3.05) is 0 Å². The standard InChI is InChI=1S/C12H9F3N4O4/c1-6-11(19(22)23)7(2)17(16-6)10-4-3-8(18(20)21)5-9(10)12(13,14)15/h3-5H,1-2H3. The van der Waals surface area contributed by atoms with E-state index in [9.17, 15) is 33.4 Å². The lowest BCUT2D eigenvalue weighted by atomic mass is 10.1. The van der Waals surface area contributed by atoms with Crippen LogP contribution in [0.5, 0.6) is 0 Å². The van der Waals surface area contributed by atoms with Gasteiger partial charge in [0.1, 0.15) is 11.4 Å². The number of rotatable bonds is 3. The smallest absolute Gasteiger partial charge is 0.258 e. The van der Waals surface area contributed by atoms with Crippen molar-refractivity contribution >= 4 is 11.4 Å². The van der Waals surface area contributed by atoms with Crippen LogP contribution >= 0.6 is 0 Å². The number of benzene rings is 1. The summed E-state index contributed by atoms with van der Waals surface area (Å²) in [7, 11) is 0. The molecule has 2 aromatic rings. The van der Waals surface area contributed by atoms with Crippen LogP contribution in [0, 0.1) is 34.1 Å². The first-order valence-corrected chi connectivity index (χ1v) is 6.10. The van der Waals surface area contributed by atoms with Gasteiger partial charge in [0.15, 0.2) is 0 Å². The largest absolute Gasteiger partial charge is 0.418 e. The van der Waals surface area contributed by atoms with Gasteiger partial charge in [-0.2, -0.15) is 18.3 Å². The lowest BCUT2D eigenvalue weighted by Gasteiger charge is -2.13. The molecule has 0 radical (unpaired) electrons. The van der Waals surface area contributed by atoms with Gasteiger partial charge >= 0.3 is 11.9 Å². The van der Waals surface area contributed by atoms with Crippen LogP contribution in [-0.4, -0.2) is 19.6 Å². The van der Waals surface area contributed by atoms with Gasteiger partial charge in [0, 0.05) is 12.1 Å². The van der Waals surface area contributed by atoms with Crippen LogP contribution < -0.4 is 0 Å². The molecule has 0 aliphatic heterocycles. The Balaban J connectivity index is 2.76. The SMILES string of the molecule is Cc1nn(-c2ccc([N+](=O)[O-])cc2C(F)(F)F)c(C)c1[N+](=O)[O-]. The molecular weight excluding hydrogens is 321 g/mol. The van der Waals surface area contributed by atoms with E-state index in [1.165, 1.54) is 13.8 Å². The summed E-state index contributed by atoms with van der Waals surface area (Å²) in [6.07, 6.45) is -4.89. The van der Waals surface area contributed by atoms with Gasteiger partial charge in [0.25, 0.3) is 5.69 Å². The van der Waals surface area contributed by atoms with Gasteiger partial charge < -0.3 is 0 Å². The van der Waals surface area contributed by atoms with Crippen molar-refractivity contribution in [2.24, 2.45) is 0 Å². The molecule has 0 aliphatic carbocycles. The average molecular weight is 330 g/mol. The quantitative estimate of drug-likeness (QED) is 0.634. The maximum absolute atomic E-state index is 13.2. The van der Waals surface area contributed by atoms with Crippen molar-refractivity contribution in [3.05, 3.63) is 55.4 Å². The van der Waals surface area contributed by atoms with E-state index in [0.29, 0.717) is 6.07 Å². The van der Waals surface area contributed by atoms with Crippen molar-refractivity contribution < 1.29 is 23.0 Å². The van der Waals surface area contributed by atoms with Gasteiger partial charge in [-0.05, 0) is 19.9 Å². The van der Waals surface area contributed by atoms with Gasteiger partial charge in [0.05, 0.1) is 21.1 Å². The molecular formula is C12H9F3N4O4. The highest BCUT2D eigenvalue weighted by molar-refractivity contribution is 5.53. The zero-order valence-electron chi connectivity index (χ0n) is 11.8. The molecule has 0 unspecified atom stereocenters. The Morgan fingerprint density at radius 1 is 1.13 bits per heavy atom. The van der Waals surface area contributed by atoms with Crippen molar-refractivity contribution in [3.63, 3.8) is 0 Å². The highest BCUT2D eigenvalue weighted by Crippen LogP contribution is 2.37. The van der Waals surface area contributed by atoms with E-state index in [-0.39, 0.29) is 11.4 Å². The molecule has 0 saturated heterocycles. The Bertz CT molecular complexity index is 813. The maximum Gasteiger partial charge on any atom is 0.418 e. The lowest BCUT2D eigenvalue weighted by Crippen LogP contribution is -2.13. The number of halogens is 3. The number of non-ortho nitro benzene ring substituents is 1. The predicted octanol–water partition coefficient (Wildman–Crippen LogP) is 3.32. The van der Waals surface area contributed by atoms with Crippen LogP contribution in [0.1, 0.15) is 17.0 Å². The first-order valence-electron chi connectivity index (χ1n) is 6.10. The summed E-state index contributed by atoms with van der Waals surface area (Å²) < 4.78 is 40.3. The molecule has 2 rings (SSSR count). The fourth-order valence-corrected chi connectivity index (χ4v) is 2.18. The van der Waals surface area contributed by atoms with Crippen LogP contribution in [0.25, 0.3) is 5.69 Å². The minimum atomic E-state index is -4.89. The molecule has 1 heterocycles. The summed E-state index contributed by atoms with van der Waals surface area (Å²) in [6.45, 7) is 2.54. The summed E-state index contributed by atoms with van der Waals surface area (Å²) in [5.41, 5.74) is -3.12. The van der Waals surface area contributed by atoms with Crippen LogP contribution in [0.4, 0.5) is 24.5 Å². The fraction of sp³-hybridized carbons (Fsp3) is 0.250. The van der Waals surface area contributed by atoms with Crippen LogP contribution in [0.2, 0.25) is 0 Å². The Kier molecular flexibility index (Phi) is 3.80. The fourth-order valence-electron chi connectivity index (χ4n) is 2.18. The molecule has 1 aromatic carbocycles. The van der Waals surface area contributed by atoms with Crippen molar-refractivity contribution in [1.82, 2.24) is 9.78 Å². The molecule has 1 aromatic heterocycles. The first kappa shape index (κ1) is 16.4. The number of alkyl halides is 3. The van der Waals surface area contributed by atoms with Gasteiger partial charge in [-0.15, -0.1) is 0 Å². The second kappa shape index (κ2) is 5.34. The zero-order valence-corrected chi connectivity index (χ0v) is 11.8. The van der Waals surface area contributed by atoms with Crippen LogP contribution in [-0.2, 0) is 6.18 Å². The minimum Gasteiger partial charge on any atom is -0.258 e. The molecule has 0 fully saturated rings. The number of nitrogens with zero attached hydrogens (tertiary/aromatic N) is 4. The number of hydrogen-bond donors (Lipinski definition) is 0. The second-order valence-electron chi connectivity index (χ2n) is 4.64. The summed E-state index contributed by atoms with van der Waals surface area (Å²) in [6, 6.07) is 2.12. The van der Waals surface area contributed by atoms with Crippen molar-refractivity contribution in [3.8, 4) is 5.69 Å². The minimum absolute atomic E-state index is 0.0565. The third-order valence-corrected chi connectivity index (χ3v) is 3.16. The number of hydrogen-bond acceptors (Lipinski definition) is 5. The first-order chi connectivity index (χ1) is 10.5. The molecule has 0 amide bonds. The van der Waals surface area contributed by atoms with Crippen molar-refractivity contribution in [2.45, 2.75) is 20.0 Å². The van der Waals surface area contributed by atoms with Crippen LogP contribution in [0.3, 0.4) is 0 Å². The third kappa shape index (κ3) is 2.84. The van der Waals surface area contributed by atoms with E-state index in [0.717, 1.165) is 16.8 Å². The summed E-state index contributed by atoms with van der Waals surface area (Å²) in [5.74, 6) is 0. The van der Waals surface area contributed by atoms with Gasteiger partial charge in [-0.1, -0.05) is 0 Å². The zero-order chi connectivity index (χ0) is 17.5. The second-order valence-corrected chi connectivity index (χ2v) is 4.64. The molecule has 0 N–H and O–H groups in total. The summed E-state index contributed by atoms with van der Waals surface area (Å²) in [5, 5.41) is 25.4. The van der Waals surface area contributed by atoms with E-state index in [4.69, 9.17) is 0 Å². The van der Waals surface area contributed by atoms with E-state index in [1.54, 1.807) is 0 Å². The highest BCUT2D eigenvalue weighted by Gasteiger charge is 2.37. The van der Waals surface area contributed by atoms with E-state index in [1.807, 2.05) is 0 Å². The molecule has 0 aliphatic rings. The lowest BCUT2D eigenvalue weighted by molar-refractivity contribution is -0.386. The number of aryl methyl sites for hydroxylation is 1. The molecule has 8 nitrogen and oxygen atoms in total. The predicted molar refractivity (Wildman–Crippen MR) is 71.3 cm³/mol.